The molecule has 0 atom stereocenters. The molecular weight excluding hydrogens is 301 g/mol. The highest BCUT2D eigenvalue weighted by Crippen LogP contribution is 2.30. The summed E-state index contributed by atoms with van der Waals surface area (Å²) in [6.07, 6.45) is 3.89. The first-order valence-electron chi connectivity index (χ1n) is 7.06. The number of hydrogen-bond donors (Lipinski definition) is 1. The van der Waals surface area contributed by atoms with Gasteiger partial charge in [0.15, 0.2) is 7.28 Å². The molecule has 0 aliphatic carbocycles. The molecule has 0 amide bonds. The second kappa shape index (κ2) is 6.20. The third-order valence-corrected chi connectivity index (χ3v) is 4.63. The van der Waals surface area contributed by atoms with Gasteiger partial charge in [-0.2, -0.15) is 0 Å². The Balaban J connectivity index is 1.87. The minimum Gasteiger partial charge on any atom is -0.379 e. The van der Waals surface area contributed by atoms with Gasteiger partial charge in [0, 0.05) is 23.0 Å². The van der Waals surface area contributed by atoms with Crippen molar-refractivity contribution in [3.05, 3.63) is 39.5 Å². The molecule has 2 aromatic rings. The summed E-state index contributed by atoms with van der Waals surface area (Å²) in [6.45, 7) is 4.88. The Morgan fingerprint density at radius 1 is 1.43 bits per heavy atom. The van der Waals surface area contributed by atoms with Gasteiger partial charge in [-0.25, -0.2) is 4.98 Å². The average Bonchev–Trinajstić information content (AvgIpc) is 3.07. The maximum atomic E-state index is 6.48. The van der Waals surface area contributed by atoms with E-state index < -0.39 is 0 Å². The molecule has 107 valence electrons. The van der Waals surface area contributed by atoms with Crippen LogP contribution in [0.4, 0.5) is 5.69 Å². The van der Waals surface area contributed by atoms with E-state index >= 15 is 0 Å². The van der Waals surface area contributed by atoms with Crippen LogP contribution in [0.2, 0.25) is 0 Å². The number of thiazole rings is 1. The third kappa shape index (κ3) is 2.99. The van der Waals surface area contributed by atoms with Gasteiger partial charge in [0.05, 0.1) is 17.3 Å². The number of halogens is 1. The van der Waals surface area contributed by atoms with Gasteiger partial charge in [0.2, 0.25) is 0 Å². The van der Waals surface area contributed by atoms with E-state index in [0.717, 1.165) is 52.0 Å². The maximum Gasteiger partial charge on any atom is 0.193 e. The second-order valence-electron chi connectivity index (χ2n) is 5.09. The van der Waals surface area contributed by atoms with E-state index in [1.807, 2.05) is 18.5 Å². The fourth-order valence-electron chi connectivity index (χ4n) is 2.49. The first kappa shape index (κ1) is 14.6. The second-order valence-corrected chi connectivity index (χ2v) is 6.44. The van der Waals surface area contributed by atoms with Crippen molar-refractivity contribution in [2.75, 3.05) is 5.32 Å². The summed E-state index contributed by atoms with van der Waals surface area (Å²) in [4.78, 5) is 8.90. The molecule has 0 saturated heterocycles. The van der Waals surface area contributed by atoms with Crippen molar-refractivity contribution in [1.29, 1.82) is 0 Å². The van der Waals surface area contributed by atoms with Crippen LogP contribution in [0.5, 0.6) is 0 Å². The number of pyridine rings is 1. The molecule has 21 heavy (non-hydrogen) atoms. The molecule has 0 spiro atoms. The molecular formula is C15H16BClN3S. The molecule has 3 nitrogen and oxygen atoms in total. The molecule has 3 heterocycles. The molecule has 0 aromatic carbocycles. The van der Waals surface area contributed by atoms with Crippen molar-refractivity contribution >= 4 is 46.4 Å². The molecule has 0 bridgehead atoms. The van der Waals surface area contributed by atoms with E-state index in [1.165, 1.54) is 5.47 Å². The highest BCUT2D eigenvalue weighted by atomic mass is 35.5. The van der Waals surface area contributed by atoms with Gasteiger partial charge in [-0.1, -0.05) is 30.4 Å². The van der Waals surface area contributed by atoms with Crippen LogP contribution in [0.1, 0.15) is 36.2 Å². The van der Waals surface area contributed by atoms with E-state index in [0.29, 0.717) is 0 Å². The zero-order chi connectivity index (χ0) is 14.8. The van der Waals surface area contributed by atoms with E-state index in [-0.39, 0.29) is 0 Å². The molecule has 6 heteroatoms. The summed E-state index contributed by atoms with van der Waals surface area (Å²) in [7, 11) is 2.16. The third-order valence-electron chi connectivity index (χ3n) is 3.43. The van der Waals surface area contributed by atoms with Crippen molar-refractivity contribution in [2.45, 2.75) is 33.2 Å². The Labute approximate surface area is 134 Å². The highest BCUT2D eigenvalue weighted by Gasteiger charge is 2.25. The van der Waals surface area contributed by atoms with Crippen LogP contribution in [-0.4, -0.2) is 17.2 Å². The highest BCUT2D eigenvalue weighted by molar-refractivity contribution is 7.09. The molecule has 0 unspecified atom stereocenters. The van der Waals surface area contributed by atoms with Crippen molar-refractivity contribution < 1.29 is 0 Å². The van der Waals surface area contributed by atoms with Crippen LogP contribution in [0, 0.1) is 6.92 Å². The number of aryl methyl sites for hydroxylation is 1. The lowest BCUT2D eigenvalue weighted by molar-refractivity contribution is 0.947. The Kier molecular flexibility index (Phi) is 4.31. The normalized spacial score (nSPS) is 13.3. The molecule has 0 fully saturated rings. The van der Waals surface area contributed by atoms with Crippen molar-refractivity contribution in [1.82, 2.24) is 9.97 Å². The molecule has 1 aliphatic heterocycles. The number of fused-ring (bicyclic) bond motifs is 1. The van der Waals surface area contributed by atoms with E-state index in [9.17, 15) is 0 Å². The van der Waals surface area contributed by atoms with Crippen LogP contribution < -0.4 is 10.8 Å². The number of rotatable bonds is 5. The zero-order valence-corrected chi connectivity index (χ0v) is 13.7. The van der Waals surface area contributed by atoms with Gasteiger partial charge in [0.25, 0.3) is 0 Å². The largest absolute Gasteiger partial charge is 0.379 e. The zero-order valence-electron chi connectivity index (χ0n) is 12.1. The minimum atomic E-state index is 0.724. The first-order chi connectivity index (χ1) is 10.2. The van der Waals surface area contributed by atoms with Gasteiger partial charge in [-0.15, -0.1) is 11.3 Å². The predicted octanol–water partition coefficient (Wildman–Crippen LogP) is 3.51. The smallest absolute Gasteiger partial charge is 0.193 e. The van der Waals surface area contributed by atoms with Gasteiger partial charge < -0.3 is 5.32 Å². The number of hydrogen-bond acceptors (Lipinski definition) is 4. The van der Waals surface area contributed by atoms with Crippen LogP contribution in [-0.2, 0) is 6.54 Å². The van der Waals surface area contributed by atoms with Crippen LogP contribution in [0.3, 0.4) is 0 Å². The van der Waals surface area contributed by atoms with Crippen LogP contribution in [0.15, 0.2) is 23.1 Å². The number of allylic oxidation sites excluding steroid dienone is 1. The van der Waals surface area contributed by atoms with Gasteiger partial charge in [0.1, 0.15) is 5.01 Å². The monoisotopic (exact) mass is 316 g/mol. The average molecular weight is 317 g/mol. The number of anilines is 1. The summed E-state index contributed by atoms with van der Waals surface area (Å²) < 4.78 is 0. The first-order valence-corrected chi connectivity index (χ1v) is 8.32. The Morgan fingerprint density at radius 2 is 2.29 bits per heavy atom. The summed E-state index contributed by atoms with van der Waals surface area (Å²) in [5.74, 6) is 0. The van der Waals surface area contributed by atoms with Crippen molar-refractivity contribution in [2.24, 2.45) is 0 Å². The maximum absolute atomic E-state index is 6.48. The SMILES string of the molecule is CCCC1=C(Cl)c2nc(C)cc(NCc3nccs3)c2[B]1. The van der Waals surface area contributed by atoms with E-state index in [4.69, 9.17) is 11.6 Å². The summed E-state index contributed by atoms with van der Waals surface area (Å²) in [5, 5.41) is 7.32. The standard InChI is InChI=1S/C15H16BClN3S/c1-3-4-10-14(17)15-13(16-10)11(7-9(2)20-15)19-8-12-18-5-6-21-12/h5-7H,3-4,8H2,1-2H3,(H,19,20). The summed E-state index contributed by atoms with van der Waals surface area (Å²) in [6, 6.07) is 2.07. The van der Waals surface area contributed by atoms with Crippen molar-refractivity contribution in [3.8, 4) is 0 Å². The lowest BCUT2D eigenvalue weighted by Gasteiger charge is -2.11. The van der Waals surface area contributed by atoms with E-state index in [2.05, 4.69) is 35.6 Å². The summed E-state index contributed by atoms with van der Waals surface area (Å²) >= 11 is 8.13. The van der Waals surface area contributed by atoms with Crippen LogP contribution >= 0.6 is 22.9 Å². The number of nitrogens with one attached hydrogen (secondary N) is 1. The Morgan fingerprint density at radius 3 is 3.00 bits per heavy atom. The molecule has 1 N–H and O–H groups in total. The molecule has 3 rings (SSSR count). The van der Waals surface area contributed by atoms with Gasteiger partial charge in [-0.05, 0) is 24.9 Å². The fourth-order valence-corrected chi connectivity index (χ4v) is 3.34. The molecule has 1 radical (unpaired) electrons. The lowest BCUT2D eigenvalue weighted by atomic mass is 9.65. The quantitative estimate of drug-likeness (QED) is 0.858. The Hall–Kier alpha value is -1.33. The Bertz CT molecular complexity index is 682. The number of aromatic nitrogens is 2. The minimum absolute atomic E-state index is 0.724. The van der Waals surface area contributed by atoms with Crippen molar-refractivity contribution in [3.63, 3.8) is 0 Å². The molecule has 1 aliphatic rings. The number of nitrogens with zero attached hydrogens (tertiary/aromatic N) is 2. The predicted molar refractivity (Wildman–Crippen MR) is 91.5 cm³/mol. The van der Waals surface area contributed by atoms with Gasteiger partial charge >= 0.3 is 0 Å². The molecule has 2 aromatic heterocycles. The van der Waals surface area contributed by atoms with Gasteiger partial charge in [-0.3, -0.25) is 4.98 Å². The fraction of sp³-hybridized carbons (Fsp3) is 0.333. The molecule has 0 saturated carbocycles. The summed E-state index contributed by atoms with van der Waals surface area (Å²) in [5.41, 5.74) is 5.24. The van der Waals surface area contributed by atoms with Crippen LogP contribution in [0.25, 0.3) is 5.03 Å². The lowest BCUT2D eigenvalue weighted by Crippen LogP contribution is -2.21. The topological polar surface area (TPSA) is 37.8 Å². The van der Waals surface area contributed by atoms with E-state index in [1.54, 1.807) is 11.3 Å².